The van der Waals surface area contributed by atoms with Crippen molar-refractivity contribution in [2.24, 2.45) is 5.92 Å². The van der Waals surface area contributed by atoms with Crippen LogP contribution >= 0.6 is 23.1 Å². The van der Waals surface area contributed by atoms with Gasteiger partial charge >= 0.3 is 0 Å². The Balaban J connectivity index is 1.44. The van der Waals surface area contributed by atoms with Crippen LogP contribution < -0.4 is 10.2 Å². The second-order valence-corrected chi connectivity index (χ2v) is 8.45. The van der Waals surface area contributed by atoms with Gasteiger partial charge in [0.05, 0.1) is 5.75 Å². The van der Waals surface area contributed by atoms with Crippen LogP contribution in [0, 0.1) is 5.92 Å². The molecule has 0 bridgehead atoms. The third-order valence-electron chi connectivity index (χ3n) is 4.56. The Labute approximate surface area is 140 Å². The van der Waals surface area contributed by atoms with E-state index in [1.807, 2.05) is 0 Å². The Morgan fingerprint density at radius 2 is 2.05 bits per heavy atom. The molecule has 1 N–H and O–H groups in total. The first-order valence-electron chi connectivity index (χ1n) is 8.23. The van der Waals surface area contributed by atoms with E-state index >= 15 is 0 Å². The molecule has 1 aliphatic heterocycles. The summed E-state index contributed by atoms with van der Waals surface area (Å²) in [5, 5.41) is 12.6. The predicted molar refractivity (Wildman–Crippen MR) is 91.6 cm³/mol. The molecule has 2 heterocycles. The highest BCUT2D eigenvalue weighted by Crippen LogP contribution is 2.30. The number of nitrogens with one attached hydrogen (secondary N) is 1. The summed E-state index contributed by atoms with van der Waals surface area (Å²) >= 11 is 3.11. The van der Waals surface area contributed by atoms with Gasteiger partial charge in [0.2, 0.25) is 11.0 Å². The number of rotatable bonds is 5. The van der Waals surface area contributed by atoms with Crippen LogP contribution in [0.15, 0.2) is 4.34 Å². The van der Waals surface area contributed by atoms with Crippen LogP contribution in [-0.4, -0.2) is 41.0 Å². The van der Waals surface area contributed by atoms with Crippen LogP contribution in [0.4, 0.5) is 5.13 Å². The van der Waals surface area contributed by atoms with Gasteiger partial charge in [-0.25, -0.2) is 0 Å². The Hall–Kier alpha value is -0.820. The monoisotopic (exact) mass is 340 g/mol. The van der Waals surface area contributed by atoms with Gasteiger partial charge in [0.15, 0.2) is 4.34 Å². The Morgan fingerprint density at radius 1 is 1.27 bits per heavy atom. The van der Waals surface area contributed by atoms with Gasteiger partial charge in [-0.1, -0.05) is 42.9 Å². The van der Waals surface area contributed by atoms with Crippen molar-refractivity contribution in [3.05, 3.63) is 0 Å². The summed E-state index contributed by atoms with van der Waals surface area (Å²) in [6, 6.07) is 0.358. The smallest absolute Gasteiger partial charge is 0.230 e. The SMILES string of the molecule is C[C@@H]1CCCC[C@H]1NC(=O)CSc1nnc(N2CCCC2)s1. The van der Waals surface area contributed by atoms with Gasteiger partial charge in [0.1, 0.15) is 0 Å². The highest BCUT2D eigenvalue weighted by Gasteiger charge is 2.23. The van der Waals surface area contributed by atoms with Gasteiger partial charge in [-0.05, 0) is 31.6 Å². The topological polar surface area (TPSA) is 58.1 Å². The molecule has 0 radical (unpaired) electrons. The molecule has 2 aliphatic rings. The molecule has 0 spiro atoms. The minimum Gasteiger partial charge on any atom is -0.352 e. The first-order valence-corrected chi connectivity index (χ1v) is 10.0. The van der Waals surface area contributed by atoms with E-state index in [0.29, 0.717) is 17.7 Å². The summed E-state index contributed by atoms with van der Waals surface area (Å²) in [5.74, 6) is 1.17. The van der Waals surface area contributed by atoms with Gasteiger partial charge in [0, 0.05) is 19.1 Å². The van der Waals surface area contributed by atoms with E-state index in [-0.39, 0.29) is 5.91 Å². The van der Waals surface area contributed by atoms with Gasteiger partial charge in [0.25, 0.3) is 0 Å². The summed E-state index contributed by atoms with van der Waals surface area (Å²) in [7, 11) is 0. The maximum Gasteiger partial charge on any atom is 0.230 e. The summed E-state index contributed by atoms with van der Waals surface area (Å²) in [5.41, 5.74) is 0. The molecule has 0 unspecified atom stereocenters. The van der Waals surface area contributed by atoms with Crippen LogP contribution in [0.1, 0.15) is 45.4 Å². The molecule has 0 aromatic carbocycles. The number of carbonyl (C=O) groups excluding carboxylic acids is 1. The average Bonchev–Trinajstić information content (AvgIpc) is 3.18. The largest absolute Gasteiger partial charge is 0.352 e. The van der Waals surface area contributed by atoms with E-state index in [0.717, 1.165) is 29.0 Å². The molecular formula is C15H24N4OS2. The van der Waals surface area contributed by atoms with Crippen LogP contribution in [0.2, 0.25) is 0 Å². The van der Waals surface area contributed by atoms with Crippen molar-refractivity contribution in [1.82, 2.24) is 15.5 Å². The second kappa shape index (κ2) is 7.64. The Bertz CT molecular complexity index is 501. The molecule has 1 saturated carbocycles. The van der Waals surface area contributed by atoms with Gasteiger partial charge in [-0.15, -0.1) is 10.2 Å². The number of hydrogen-bond donors (Lipinski definition) is 1. The zero-order valence-electron chi connectivity index (χ0n) is 13.1. The normalized spacial score (nSPS) is 25.4. The summed E-state index contributed by atoms with van der Waals surface area (Å²) in [6.07, 6.45) is 7.36. The number of hydrogen-bond acceptors (Lipinski definition) is 6. The molecule has 1 aromatic rings. The molecule has 2 atom stereocenters. The van der Waals surface area contributed by atoms with Crippen molar-refractivity contribution in [3.8, 4) is 0 Å². The molecule has 1 saturated heterocycles. The van der Waals surface area contributed by atoms with Gasteiger partial charge in [-0.3, -0.25) is 4.79 Å². The predicted octanol–water partition coefficient (Wildman–Crippen LogP) is 2.93. The number of amides is 1. The third-order valence-corrected chi connectivity index (χ3v) is 6.67. The van der Waals surface area contributed by atoms with Crippen molar-refractivity contribution in [2.75, 3.05) is 23.7 Å². The lowest BCUT2D eigenvalue weighted by Crippen LogP contribution is -2.41. The minimum absolute atomic E-state index is 0.127. The fourth-order valence-corrected chi connectivity index (χ4v) is 4.91. The van der Waals surface area contributed by atoms with Crippen LogP contribution in [0.25, 0.3) is 0 Å². The number of thioether (sulfide) groups is 1. The fraction of sp³-hybridized carbons (Fsp3) is 0.800. The third kappa shape index (κ3) is 4.13. The van der Waals surface area contributed by atoms with E-state index in [1.54, 1.807) is 11.3 Å². The Kier molecular flexibility index (Phi) is 5.57. The first-order chi connectivity index (χ1) is 10.7. The second-order valence-electron chi connectivity index (χ2n) is 6.27. The number of anilines is 1. The molecule has 3 rings (SSSR count). The quantitative estimate of drug-likeness (QED) is 0.835. The van der Waals surface area contributed by atoms with Crippen molar-refractivity contribution in [2.45, 2.75) is 55.8 Å². The molecule has 22 heavy (non-hydrogen) atoms. The highest BCUT2D eigenvalue weighted by atomic mass is 32.2. The van der Waals surface area contributed by atoms with Crippen molar-refractivity contribution >= 4 is 34.1 Å². The standard InChI is InChI=1S/C15H24N4OS2/c1-11-6-2-3-7-12(11)16-13(20)10-21-15-18-17-14(22-15)19-8-4-5-9-19/h11-12H,2-10H2,1H3,(H,16,20)/t11-,12-/m1/s1. The van der Waals surface area contributed by atoms with Crippen LogP contribution in [0.5, 0.6) is 0 Å². The van der Waals surface area contributed by atoms with Crippen LogP contribution in [0.3, 0.4) is 0 Å². The molecule has 1 amide bonds. The lowest BCUT2D eigenvalue weighted by molar-refractivity contribution is -0.119. The molecule has 2 fully saturated rings. The van der Waals surface area contributed by atoms with E-state index in [2.05, 4.69) is 27.3 Å². The molecule has 1 aromatic heterocycles. The molecule has 122 valence electrons. The van der Waals surface area contributed by atoms with Crippen molar-refractivity contribution < 1.29 is 4.79 Å². The minimum atomic E-state index is 0.127. The maximum atomic E-state index is 12.1. The lowest BCUT2D eigenvalue weighted by Gasteiger charge is -2.29. The zero-order chi connectivity index (χ0) is 15.4. The number of aromatic nitrogens is 2. The molecule has 7 heteroatoms. The van der Waals surface area contributed by atoms with E-state index in [1.165, 1.54) is 43.9 Å². The van der Waals surface area contributed by atoms with E-state index in [4.69, 9.17) is 0 Å². The summed E-state index contributed by atoms with van der Waals surface area (Å²) < 4.78 is 0.897. The average molecular weight is 341 g/mol. The summed E-state index contributed by atoms with van der Waals surface area (Å²) in [6.45, 7) is 4.41. The zero-order valence-corrected chi connectivity index (χ0v) is 14.7. The van der Waals surface area contributed by atoms with E-state index < -0.39 is 0 Å². The van der Waals surface area contributed by atoms with Gasteiger partial charge in [-0.2, -0.15) is 0 Å². The van der Waals surface area contributed by atoms with Crippen LogP contribution in [-0.2, 0) is 4.79 Å². The molecule has 1 aliphatic carbocycles. The maximum absolute atomic E-state index is 12.1. The first kappa shape index (κ1) is 16.1. The number of nitrogens with zero attached hydrogens (tertiary/aromatic N) is 3. The van der Waals surface area contributed by atoms with Gasteiger partial charge < -0.3 is 10.2 Å². The fourth-order valence-electron chi connectivity index (χ4n) is 3.20. The van der Waals surface area contributed by atoms with Crippen molar-refractivity contribution in [3.63, 3.8) is 0 Å². The van der Waals surface area contributed by atoms with E-state index in [9.17, 15) is 4.79 Å². The number of carbonyl (C=O) groups is 1. The Morgan fingerprint density at radius 3 is 2.82 bits per heavy atom. The lowest BCUT2D eigenvalue weighted by atomic mass is 9.86. The summed E-state index contributed by atoms with van der Waals surface area (Å²) in [4.78, 5) is 14.4. The highest BCUT2D eigenvalue weighted by molar-refractivity contribution is 8.01. The molecular weight excluding hydrogens is 316 g/mol. The van der Waals surface area contributed by atoms with Crippen molar-refractivity contribution in [1.29, 1.82) is 0 Å². The molecule has 5 nitrogen and oxygen atoms in total.